The van der Waals surface area contributed by atoms with Crippen molar-refractivity contribution in [2.45, 2.75) is 111 Å². The van der Waals surface area contributed by atoms with Crippen LogP contribution in [0.15, 0.2) is 36.0 Å². The van der Waals surface area contributed by atoms with E-state index < -0.39 is 47.6 Å². The lowest BCUT2D eigenvalue weighted by Gasteiger charge is -2.60. The van der Waals surface area contributed by atoms with Gasteiger partial charge in [-0.05, 0) is 55.9 Å². The van der Waals surface area contributed by atoms with Gasteiger partial charge in [0.2, 0.25) is 12.6 Å². The SMILES string of the molecule is C=C/C(C)=C/C[C@]1(C)[C@H](C)C[C@H](O)[C@]23C(=C[C@@H](OC(=O)CCCCC)C[C@@H]12)[C@@H](OC(C)=O)O[C@H]3OC(C)=O. The second-order valence-electron chi connectivity index (χ2n) is 11.4. The molecule has 1 saturated carbocycles. The molecule has 3 aliphatic rings. The molecule has 1 heterocycles. The van der Waals surface area contributed by atoms with Gasteiger partial charge in [0.15, 0.2) is 0 Å². The van der Waals surface area contributed by atoms with Gasteiger partial charge in [-0.1, -0.05) is 57.9 Å². The minimum Gasteiger partial charge on any atom is -0.458 e. The third-order valence-electron chi connectivity index (χ3n) is 8.85. The van der Waals surface area contributed by atoms with Crippen LogP contribution in [0.1, 0.15) is 86.5 Å². The van der Waals surface area contributed by atoms with E-state index in [-0.39, 0.29) is 17.8 Å². The van der Waals surface area contributed by atoms with E-state index in [1.54, 1.807) is 12.2 Å². The molecular weight excluding hydrogens is 488 g/mol. The Bertz CT molecular complexity index is 983. The summed E-state index contributed by atoms with van der Waals surface area (Å²) >= 11 is 0. The van der Waals surface area contributed by atoms with Gasteiger partial charge in [-0.25, -0.2) is 0 Å². The number of unbranched alkanes of at least 4 members (excludes halogenated alkanes) is 2. The van der Waals surface area contributed by atoms with Gasteiger partial charge in [0.1, 0.15) is 6.10 Å². The van der Waals surface area contributed by atoms with Crippen molar-refractivity contribution in [2.75, 3.05) is 0 Å². The Morgan fingerprint density at radius 3 is 2.42 bits per heavy atom. The minimum absolute atomic E-state index is 0.0769. The second-order valence-corrected chi connectivity index (χ2v) is 11.4. The fourth-order valence-corrected chi connectivity index (χ4v) is 6.62. The number of hydrogen-bond donors (Lipinski definition) is 1. The van der Waals surface area contributed by atoms with Gasteiger partial charge in [-0.15, -0.1) is 0 Å². The molecule has 0 aromatic heterocycles. The molecule has 38 heavy (non-hydrogen) atoms. The van der Waals surface area contributed by atoms with Crippen molar-refractivity contribution in [3.63, 3.8) is 0 Å². The Morgan fingerprint density at radius 2 is 1.82 bits per heavy atom. The van der Waals surface area contributed by atoms with E-state index in [1.165, 1.54) is 13.8 Å². The summed E-state index contributed by atoms with van der Waals surface area (Å²) in [6.07, 6.45) is 6.32. The van der Waals surface area contributed by atoms with E-state index in [0.717, 1.165) is 24.8 Å². The van der Waals surface area contributed by atoms with Gasteiger partial charge < -0.3 is 19.3 Å². The molecule has 1 spiro atoms. The highest BCUT2D eigenvalue weighted by molar-refractivity contribution is 5.70. The molecule has 8 nitrogen and oxygen atoms in total. The molecule has 8 atom stereocenters. The second kappa shape index (κ2) is 12.2. The normalized spacial score (nSPS) is 36.4. The van der Waals surface area contributed by atoms with Crippen molar-refractivity contribution in [1.29, 1.82) is 0 Å². The fraction of sp³-hybridized carbons (Fsp3) is 0.700. The van der Waals surface area contributed by atoms with Crippen molar-refractivity contribution in [3.05, 3.63) is 36.0 Å². The molecule has 0 bridgehead atoms. The molecule has 2 fully saturated rings. The molecule has 0 aromatic rings. The number of allylic oxidation sites excluding steroid dienone is 3. The number of hydrogen-bond acceptors (Lipinski definition) is 8. The predicted molar refractivity (Wildman–Crippen MR) is 141 cm³/mol. The number of ether oxygens (including phenoxy) is 4. The molecule has 2 aliphatic carbocycles. The highest BCUT2D eigenvalue weighted by Crippen LogP contribution is 2.67. The minimum atomic E-state index is -1.17. The van der Waals surface area contributed by atoms with Crippen LogP contribution >= 0.6 is 0 Å². The highest BCUT2D eigenvalue weighted by atomic mass is 16.8. The molecule has 212 valence electrons. The van der Waals surface area contributed by atoms with E-state index in [1.807, 2.05) is 6.92 Å². The van der Waals surface area contributed by atoms with Gasteiger partial charge in [-0.3, -0.25) is 19.1 Å². The maximum absolute atomic E-state index is 12.7. The fourth-order valence-electron chi connectivity index (χ4n) is 6.62. The van der Waals surface area contributed by atoms with Gasteiger partial charge in [0, 0.05) is 25.8 Å². The molecule has 8 heteroatoms. The molecule has 1 N–H and O–H groups in total. The maximum Gasteiger partial charge on any atom is 0.306 e. The van der Waals surface area contributed by atoms with E-state index in [0.29, 0.717) is 31.3 Å². The van der Waals surface area contributed by atoms with Crippen LogP contribution in [0.3, 0.4) is 0 Å². The zero-order chi connectivity index (χ0) is 28.3. The Balaban J connectivity index is 2.14. The van der Waals surface area contributed by atoms with Crippen molar-refractivity contribution in [3.8, 4) is 0 Å². The summed E-state index contributed by atoms with van der Waals surface area (Å²) in [6, 6.07) is 0. The number of aliphatic hydroxyl groups excluding tert-OH is 1. The van der Waals surface area contributed by atoms with Crippen LogP contribution in [-0.2, 0) is 33.3 Å². The highest BCUT2D eigenvalue weighted by Gasteiger charge is 2.71. The van der Waals surface area contributed by atoms with Gasteiger partial charge >= 0.3 is 17.9 Å². The Labute approximate surface area is 226 Å². The van der Waals surface area contributed by atoms with Crippen LogP contribution in [0, 0.1) is 22.7 Å². The molecular formula is C30H44O8. The summed E-state index contributed by atoms with van der Waals surface area (Å²) in [4.78, 5) is 37.0. The molecule has 0 amide bonds. The zero-order valence-corrected chi connectivity index (χ0v) is 23.7. The van der Waals surface area contributed by atoms with Crippen molar-refractivity contribution in [2.24, 2.45) is 22.7 Å². The van der Waals surface area contributed by atoms with E-state index >= 15 is 0 Å². The quantitative estimate of drug-likeness (QED) is 0.135. The third-order valence-corrected chi connectivity index (χ3v) is 8.85. The lowest BCUT2D eigenvalue weighted by molar-refractivity contribution is -0.254. The average molecular weight is 533 g/mol. The van der Waals surface area contributed by atoms with Crippen molar-refractivity contribution >= 4 is 17.9 Å². The first-order chi connectivity index (χ1) is 17.9. The van der Waals surface area contributed by atoms with Crippen LogP contribution in [0.4, 0.5) is 0 Å². The average Bonchev–Trinajstić information content (AvgIpc) is 3.13. The molecule has 1 aliphatic heterocycles. The Morgan fingerprint density at radius 1 is 1.13 bits per heavy atom. The molecule has 0 aromatic carbocycles. The van der Waals surface area contributed by atoms with Crippen molar-refractivity contribution in [1.82, 2.24) is 0 Å². The van der Waals surface area contributed by atoms with E-state index in [4.69, 9.17) is 18.9 Å². The van der Waals surface area contributed by atoms with Gasteiger partial charge in [0.25, 0.3) is 0 Å². The number of rotatable bonds is 10. The largest absolute Gasteiger partial charge is 0.458 e. The monoisotopic (exact) mass is 532 g/mol. The third kappa shape index (κ3) is 5.76. The first kappa shape index (κ1) is 30.1. The van der Waals surface area contributed by atoms with Crippen LogP contribution in [0.25, 0.3) is 0 Å². The summed E-state index contributed by atoms with van der Waals surface area (Å²) in [7, 11) is 0. The number of aliphatic hydroxyl groups is 1. The number of carbonyl (C=O) groups is 3. The van der Waals surface area contributed by atoms with Gasteiger partial charge in [-0.2, -0.15) is 0 Å². The lowest BCUT2D eigenvalue weighted by atomic mass is 9.45. The smallest absolute Gasteiger partial charge is 0.306 e. The predicted octanol–water partition coefficient (Wildman–Crippen LogP) is 5.15. The lowest BCUT2D eigenvalue weighted by Crippen LogP contribution is -2.63. The summed E-state index contributed by atoms with van der Waals surface area (Å²) in [6.45, 7) is 14.8. The van der Waals surface area contributed by atoms with Crippen molar-refractivity contribution < 1.29 is 38.4 Å². The van der Waals surface area contributed by atoms with Crippen LogP contribution in [-0.4, -0.2) is 47.8 Å². The topological polar surface area (TPSA) is 108 Å². The molecule has 0 radical (unpaired) electrons. The number of esters is 3. The summed E-state index contributed by atoms with van der Waals surface area (Å²) in [5.41, 5.74) is -0.0331. The summed E-state index contributed by atoms with van der Waals surface area (Å²) in [5.74, 6) is -1.67. The summed E-state index contributed by atoms with van der Waals surface area (Å²) in [5, 5.41) is 11.7. The van der Waals surface area contributed by atoms with E-state index in [2.05, 4.69) is 33.4 Å². The first-order valence-electron chi connectivity index (χ1n) is 13.8. The maximum atomic E-state index is 12.7. The van der Waals surface area contributed by atoms with Crippen LogP contribution in [0.2, 0.25) is 0 Å². The Kier molecular flexibility index (Phi) is 9.63. The Hall–Kier alpha value is -2.45. The molecule has 3 rings (SSSR count). The first-order valence-corrected chi connectivity index (χ1v) is 13.8. The van der Waals surface area contributed by atoms with E-state index in [9.17, 15) is 19.5 Å². The standard InChI is InChI=1S/C30H44O8/c1-8-10-11-12-26(34)37-22-16-23-27(35-20(5)31)38-28(36-21(6)32)30(23)24(17-22)29(7,14-13-18(3)9-2)19(4)15-25(30)33/h9,13,16,19,22,24-25,27-28,33H,2,8,10-12,14-15,17H2,1,3-7H3/b18-13+/t19-,22-,24+,25+,27+,28-,29-,30+/m1/s1. The number of carbonyl (C=O) groups excluding carboxylic acids is 3. The van der Waals surface area contributed by atoms with Gasteiger partial charge in [0.05, 0.1) is 11.5 Å². The van der Waals surface area contributed by atoms with Crippen LogP contribution in [0.5, 0.6) is 0 Å². The van der Waals surface area contributed by atoms with Crippen LogP contribution < -0.4 is 0 Å². The summed E-state index contributed by atoms with van der Waals surface area (Å²) < 4.78 is 23.2. The molecule has 0 unspecified atom stereocenters. The zero-order valence-electron chi connectivity index (χ0n) is 23.7. The molecule has 1 saturated heterocycles.